The summed E-state index contributed by atoms with van der Waals surface area (Å²) >= 11 is 1.74. The van der Waals surface area contributed by atoms with E-state index in [0.29, 0.717) is 24.4 Å². The highest BCUT2D eigenvalue weighted by atomic mass is 32.2. The number of hydrogen-bond acceptors (Lipinski definition) is 8. The number of rotatable bonds is 7. The van der Waals surface area contributed by atoms with Gasteiger partial charge in [-0.25, -0.2) is 0 Å². The number of hydrogen-bond donors (Lipinski definition) is 1. The van der Waals surface area contributed by atoms with Gasteiger partial charge in [0.05, 0.1) is 18.5 Å². The predicted molar refractivity (Wildman–Crippen MR) is 138 cm³/mol. The Balaban J connectivity index is 0.000000479. The van der Waals surface area contributed by atoms with E-state index in [4.69, 9.17) is 14.4 Å². The van der Waals surface area contributed by atoms with Gasteiger partial charge in [-0.3, -0.25) is 4.98 Å². The van der Waals surface area contributed by atoms with Gasteiger partial charge in [-0.15, -0.1) is 11.8 Å². The minimum atomic E-state index is -4.64. The van der Waals surface area contributed by atoms with Crippen LogP contribution in [0.5, 0.6) is 5.75 Å². The van der Waals surface area contributed by atoms with Crippen LogP contribution in [0, 0.1) is 5.92 Å². The molecule has 4 rings (SSSR count). The molecule has 0 atom stereocenters. The fraction of sp³-hybridized carbons (Fsp3) is 0.423. The van der Waals surface area contributed by atoms with E-state index in [9.17, 15) is 13.2 Å². The lowest BCUT2D eigenvalue weighted by Gasteiger charge is -2.30. The monoisotopic (exact) mass is 536 g/mol. The zero-order valence-electron chi connectivity index (χ0n) is 21.0. The lowest BCUT2D eigenvalue weighted by atomic mass is 9.98. The molecule has 1 aliphatic heterocycles. The van der Waals surface area contributed by atoms with E-state index < -0.39 is 11.9 Å². The van der Waals surface area contributed by atoms with Crippen LogP contribution in [0.2, 0.25) is 0 Å². The van der Waals surface area contributed by atoms with Crippen molar-refractivity contribution in [1.82, 2.24) is 15.1 Å². The zero-order chi connectivity index (χ0) is 27.0. The number of aromatic nitrogens is 3. The van der Waals surface area contributed by atoms with Crippen LogP contribution >= 0.6 is 11.8 Å². The molecular weight excluding hydrogens is 505 g/mol. The second kappa shape index (κ2) is 12.8. The lowest BCUT2D eigenvalue weighted by Crippen LogP contribution is -2.36. The third kappa shape index (κ3) is 8.41. The van der Waals surface area contributed by atoms with Gasteiger partial charge in [-0.05, 0) is 54.4 Å². The highest BCUT2D eigenvalue weighted by molar-refractivity contribution is 7.98. The van der Waals surface area contributed by atoms with Gasteiger partial charge < -0.3 is 19.3 Å². The maximum absolute atomic E-state index is 10.8. The molecule has 1 saturated heterocycles. The first-order valence-corrected chi connectivity index (χ1v) is 13.1. The van der Waals surface area contributed by atoms with Crippen LogP contribution in [0.4, 0.5) is 19.1 Å². The third-order valence-electron chi connectivity index (χ3n) is 5.76. The Morgan fingerprint density at radius 3 is 2.32 bits per heavy atom. The van der Waals surface area contributed by atoms with Crippen molar-refractivity contribution in [3.05, 3.63) is 60.8 Å². The van der Waals surface area contributed by atoms with Crippen molar-refractivity contribution in [3.63, 3.8) is 0 Å². The number of alkyl halides is 3. The molecule has 0 radical (unpaired) electrons. The number of thioether (sulfide) groups is 1. The Bertz CT molecular complexity index is 1130. The molecule has 0 bridgehead atoms. The van der Waals surface area contributed by atoms with Gasteiger partial charge in [-0.1, -0.05) is 32.6 Å². The second-order valence-electron chi connectivity index (χ2n) is 8.88. The summed E-state index contributed by atoms with van der Waals surface area (Å²) in [6.07, 6.45) is 1.37. The molecule has 200 valence electrons. The van der Waals surface area contributed by atoms with Crippen molar-refractivity contribution in [1.29, 1.82) is 0 Å². The molecule has 0 spiro atoms. The average Bonchev–Trinajstić information content (AvgIpc) is 3.39. The molecule has 2 aromatic heterocycles. The fourth-order valence-corrected chi connectivity index (χ4v) is 3.91. The number of anilines is 1. The average molecular weight is 537 g/mol. The first-order valence-electron chi connectivity index (χ1n) is 11.8. The van der Waals surface area contributed by atoms with Crippen LogP contribution in [0.25, 0.3) is 11.3 Å². The summed E-state index contributed by atoms with van der Waals surface area (Å²) in [5, 5.41) is 11.7. The van der Waals surface area contributed by atoms with Gasteiger partial charge in [0.1, 0.15) is 5.75 Å². The molecule has 7 nitrogen and oxygen atoms in total. The summed E-state index contributed by atoms with van der Waals surface area (Å²) in [7, 11) is 0. The number of aliphatic hydroxyl groups is 1. The van der Waals surface area contributed by atoms with E-state index >= 15 is 0 Å². The highest BCUT2D eigenvalue weighted by Crippen LogP contribution is 2.26. The smallest absolute Gasteiger partial charge is 0.448 e. The van der Waals surface area contributed by atoms with Gasteiger partial charge in [0.15, 0.2) is 5.76 Å². The second-order valence-corrected chi connectivity index (χ2v) is 9.76. The van der Waals surface area contributed by atoms with Gasteiger partial charge in [0, 0.05) is 29.5 Å². The summed E-state index contributed by atoms with van der Waals surface area (Å²) in [6, 6.07) is 12.5. The van der Waals surface area contributed by atoms with E-state index in [1.165, 1.54) is 4.90 Å². The third-order valence-corrected chi connectivity index (χ3v) is 6.50. The predicted octanol–water partition coefficient (Wildman–Crippen LogP) is 6.89. The first kappa shape index (κ1) is 28.4. The molecule has 1 fully saturated rings. The van der Waals surface area contributed by atoms with E-state index in [2.05, 4.69) is 71.0 Å². The van der Waals surface area contributed by atoms with Gasteiger partial charge >= 0.3 is 6.18 Å². The lowest BCUT2D eigenvalue weighted by molar-refractivity contribution is -0.119. The topological polar surface area (TPSA) is 84.5 Å². The number of benzene rings is 1. The summed E-state index contributed by atoms with van der Waals surface area (Å²) in [4.78, 5) is 12.5. The van der Waals surface area contributed by atoms with Crippen LogP contribution < -0.4 is 9.64 Å². The molecule has 3 aromatic rings. The number of aliphatic hydroxyl groups excluding tert-OH is 1. The standard InChI is InChI=1S/C23H28N4O2S.C3H3F3O/c1-16(2)22-25-23(26-29-22)27-12-10-17(11-13-27)15-28-19-6-9-21(24-14-19)18-4-7-20(30-3)8-5-18;1-2(7)3(4,5)6/h4-9,14,16-17H,10-13,15H2,1-3H3;7H,1H2. The van der Waals surface area contributed by atoms with E-state index in [0.717, 1.165) is 42.9 Å². The molecule has 1 aliphatic rings. The van der Waals surface area contributed by atoms with E-state index in [1.807, 2.05) is 18.3 Å². The number of pyridine rings is 1. The number of ether oxygens (including phenoxy) is 1. The number of halogens is 3. The Morgan fingerprint density at radius 1 is 1.19 bits per heavy atom. The highest BCUT2D eigenvalue weighted by Gasteiger charge is 2.31. The Labute approximate surface area is 218 Å². The van der Waals surface area contributed by atoms with E-state index in [1.54, 1.807) is 11.8 Å². The zero-order valence-corrected chi connectivity index (χ0v) is 21.8. The van der Waals surface area contributed by atoms with Crippen LogP contribution in [-0.2, 0) is 0 Å². The molecular formula is C26H31F3N4O3S. The minimum Gasteiger partial charge on any atom is -0.505 e. The number of allylic oxidation sites excluding steroid dienone is 1. The maximum atomic E-state index is 10.8. The summed E-state index contributed by atoms with van der Waals surface area (Å²) in [6.45, 7) is 8.93. The molecule has 37 heavy (non-hydrogen) atoms. The number of nitrogens with zero attached hydrogens (tertiary/aromatic N) is 4. The molecule has 0 aliphatic carbocycles. The maximum Gasteiger partial charge on any atom is 0.448 e. The Hall–Kier alpha value is -3.21. The summed E-state index contributed by atoms with van der Waals surface area (Å²) < 4.78 is 43.8. The van der Waals surface area contributed by atoms with Gasteiger partial charge in [-0.2, -0.15) is 18.2 Å². The van der Waals surface area contributed by atoms with Crippen LogP contribution in [0.1, 0.15) is 38.5 Å². The van der Waals surface area contributed by atoms with Crippen molar-refractivity contribution in [3.8, 4) is 17.0 Å². The van der Waals surface area contributed by atoms with Gasteiger partial charge in [0.25, 0.3) is 5.95 Å². The van der Waals surface area contributed by atoms with Crippen molar-refractivity contribution >= 4 is 17.7 Å². The molecule has 0 amide bonds. The van der Waals surface area contributed by atoms with Crippen molar-refractivity contribution < 1.29 is 27.5 Å². The molecule has 0 saturated carbocycles. The SMILES string of the molecule is C=C(O)C(F)(F)F.CSc1ccc(-c2ccc(OCC3CCN(c4noc(C(C)C)n4)CC3)cn2)cc1. The van der Waals surface area contributed by atoms with Crippen LogP contribution in [0.15, 0.2) is 64.4 Å². The largest absolute Gasteiger partial charge is 0.505 e. The Morgan fingerprint density at radius 2 is 1.84 bits per heavy atom. The quantitative estimate of drug-likeness (QED) is 0.258. The normalized spacial score (nSPS) is 14.3. The number of piperidine rings is 1. The molecule has 1 aromatic carbocycles. The van der Waals surface area contributed by atoms with Crippen molar-refractivity contribution in [2.24, 2.45) is 5.92 Å². The first-order chi connectivity index (χ1) is 17.6. The summed E-state index contributed by atoms with van der Waals surface area (Å²) in [5.74, 6) is 1.26. The van der Waals surface area contributed by atoms with Crippen LogP contribution in [0.3, 0.4) is 0 Å². The van der Waals surface area contributed by atoms with Crippen molar-refractivity contribution in [2.75, 3.05) is 30.9 Å². The molecule has 3 heterocycles. The molecule has 1 N–H and O–H groups in total. The van der Waals surface area contributed by atoms with Gasteiger partial charge in [0.2, 0.25) is 5.89 Å². The fourth-order valence-electron chi connectivity index (χ4n) is 3.50. The minimum absolute atomic E-state index is 0.256. The molecule has 11 heteroatoms. The van der Waals surface area contributed by atoms with E-state index in [-0.39, 0.29) is 5.92 Å². The Kier molecular flexibility index (Phi) is 9.85. The van der Waals surface area contributed by atoms with Crippen molar-refractivity contribution in [2.45, 2.75) is 43.7 Å². The summed E-state index contributed by atoms with van der Waals surface area (Å²) in [5.41, 5.74) is 2.08. The molecule has 0 unspecified atom stereocenters. The van der Waals surface area contributed by atoms with Crippen LogP contribution in [-0.4, -0.2) is 52.4 Å².